The van der Waals surface area contributed by atoms with Gasteiger partial charge in [-0.05, 0) is 39.2 Å². The molecule has 1 atom stereocenters. The summed E-state index contributed by atoms with van der Waals surface area (Å²) >= 11 is 0. The van der Waals surface area contributed by atoms with Gasteiger partial charge in [0.1, 0.15) is 0 Å². The third-order valence-electron chi connectivity index (χ3n) is 3.46. The van der Waals surface area contributed by atoms with Crippen molar-refractivity contribution < 1.29 is 4.74 Å². The Kier molecular flexibility index (Phi) is 4.42. The lowest BCUT2D eigenvalue weighted by Crippen LogP contribution is -2.36. The average molecular weight is 212 g/mol. The van der Waals surface area contributed by atoms with Crippen molar-refractivity contribution in [1.82, 2.24) is 10.2 Å². The number of likely N-dealkylation sites (N-methyl/N-ethyl adjacent to an activating group) is 1. The van der Waals surface area contributed by atoms with Crippen molar-refractivity contribution in [1.29, 1.82) is 0 Å². The minimum atomic E-state index is 0.477. The summed E-state index contributed by atoms with van der Waals surface area (Å²) in [5.74, 6) is 0. The van der Waals surface area contributed by atoms with E-state index >= 15 is 0 Å². The second kappa shape index (κ2) is 5.83. The molecule has 2 rings (SSSR count). The summed E-state index contributed by atoms with van der Waals surface area (Å²) < 4.78 is 5.67. The van der Waals surface area contributed by atoms with E-state index in [1.165, 1.54) is 38.6 Å². The zero-order chi connectivity index (χ0) is 10.5. The molecule has 1 unspecified atom stereocenters. The molecule has 15 heavy (non-hydrogen) atoms. The van der Waals surface area contributed by atoms with Gasteiger partial charge in [-0.15, -0.1) is 0 Å². The highest BCUT2D eigenvalue weighted by Gasteiger charge is 2.25. The maximum Gasteiger partial charge on any atom is 0.0699 e. The van der Waals surface area contributed by atoms with E-state index in [1.807, 2.05) is 0 Å². The Hall–Kier alpha value is -0.120. The van der Waals surface area contributed by atoms with Crippen LogP contribution >= 0.6 is 0 Å². The molecule has 0 radical (unpaired) electrons. The van der Waals surface area contributed by atoms with Crippen LogP contribution in [0.15, 0.2) is 0 Å². The predicted molar refractivity (Wildman–Crippen MR) is 62.1 cm³/mol. The molecule has 2 fully saturated rings. The first kappa shape index (κ1) is 11.4. The van der Waals surface area contributed by atoms with Crippen LogP contribution in [-0.2, 0) is 4.74 Å². The van der Waals surface area contributed by atoms with Gasteiger partial charge < -0.3 is 15.0 Å². The van der Waals surface area contributed by atoms with Crippen molar-refractivity contribution in [3.63, 3.8) is 0 Å². The van der Waals surface area contributed by atoms with E-state index in [9.17, 15) is 0 Å². The molecule has 1 saturated carbocycles. The quantitative estimate of drug-likeness (QED) is 0.670. The van der Waals surface area contributed by atoms with Crippen LogP contribution < -0.4 is 5.32 Å². The fourth-order valence-electron chi connectivity index (χ4n) is 2.18. The smallest absolute Gasteiger partial charge is 0.0699 e. The molecule has 1 aliphatic carbocycles. The van der Waals surface area contributed by atoms with Crippen LogP contribution in [0.25, 0.3) is 0 Å². The predicted octanol–water partition coefficient (Wildman–Crippen LogP) is 1.24. The Balaban J connectivity index is 1.46. The molecular formula is C12H24N2O. The lowest BCUT2D eigenvalue weighted by atomic mass is 10.1. The summed E-state index contributed by atoms with van der Waals surface area (Å²) in [4.78, 5) is 2.47. The fraction of sp³-hybridized carbons (Fsp3) is 1.00. The first-order valence-corrected chi connectivity index (χ1v) is 6.39. The van der Waals surface area contributed by atoms with Gasteiger partial charge >= 0.3 is 0 Å². The molecule has 1 aliphatic heterocycles. The van der Waals surface area contributed by atoms with Crippen molar-refractivity contribution in [2.45, 2.75) is 44.2 Å². The summed E-state index contributed by atoms with van der Waals surface area (Å²) in [6.07, 6.45) is 7.12. The third-order valence-corrected chi connectivity index (χ3v) is 3.46. The first-order valence-electron chi connectivity index (χ1n) is 6.39. The van der Waals surface area contributed by atoms with Gasteiger partial charge in [0.05, 0.1) is 6.10 Å². The number of rotatable bonds is 6. The van der Waals surface area contributed by atoms with Gasteiger partial charge in [-0.2, -0.15) is 0 Å². The van der Waals surface area contributed by atoms with Crippen molar-refractivity contribution >= 4 is 0 Å². The number of hydrogen-bond donors (Lipinski definition) is 1. The summed E-state index contributed by atoms with van der Waals surface area (Å²) in [7, 11) is 2.23. The molecule has 0 aromatic heterocycles. The zero-order valence-electron chi connectivity index (χ0n) is 9.87. The van der Waals surface area contributed by atoms with Crippen molar-refractivity contribution in [3.8, 4) is 0 Å². The second-order valence-electron chi connectivity index (χ2n) is 4.90. The summed E-state index contributed by atoms with van der Waals surface area (Å²) in [6, 6.07) is 0.887. The molecule has 3 heteroatoms. The number of ether oxygens (including phenoxy) is 1. The molecule has 1 N–H and O–H groups in total. The van der Waals surface area contributed by atoms with E-state index in [0.717, 1.165) is 25.7 Å². The van der Waals surface area contributed by atoms with E-state index in [4.69, 9.17) is 4.74 Å². The largest absolute Gasteiger partial charge is 0.377 e. The van der Waals surface area contributed by atoms with Gasteiger partial charge in [0, 0.05) is 32.3 Å². The van der Waals surface area contributed by atoms with Crippen LogP contribution in [0.5, 0.6) is 0 Å². The van der Waals surface area contributed by atoms with Crippen LogP contribution in [0.1, 0.15) is 32.1 Å². The summed E-state index contributed by atoms with van der Waals surface area (Å²) in [6.45, 7) is 4.29. The molecule has 1 heterocycles. The monoisotopic (exact) mass is 212 g/mol. The van der Waals surface area contributed by atoms with Crippen LogP contribution in [0.3, 0.4) is 0 Å². The Morgan fingerprint density at radius 1 is 1.27 bits per heavy atom. The van der Waals surface area contributed by atoms with Crippen molar-refractivity contribution in [2.75, 3.05) is 33.3 Å². The molecule has 0 spiro atoms. The third kappa shape index (κ3) is 4.09. The number of nitrogens with zero attached hydrogens (tertiary/aromatic N) is 1. The standard InChI is InChI=1S/C12H24N2O/c1-14(11-5-6-11)8-7-13-10-12-4-2-3-9-15-12/h11-13H,2-10H2,1H3. The highest BCUT2D eigenvalue weighted by atomic mass is 16.5. The minimum absolute atomic E-state index is 0.477. The maximum atomic E-state index is 5.67. The normalized spacial score (nSPS) is 27.2. The van der Waals surface area contributed by atoms with Gasteiger partial charge in [0.2, 0.25) is 0 Å². The van der Waals surface area contributed by atoms with Crippen molar-refractivity contribution in [3.05, 3.63) is 0 Å². The van der Waals surface area contributed by atoms with Crippen LogP contribution in [0.4, 0.5) is 0 Å². The van der Waals surface area contributed by atoms with E-state index in [0.29, 0.717) is 6.10 Å². The molecule has 2 aliphatic rings. The van der Waals surface area contributed by atoms with Crippen LogP contribution in [0.2, 0.25) is 0 Å². The Morgan fingerprint density at radius 3 is 2.80 bits per heavy atom. The van der Waals surface area contributed by atoms with Gasteiger partial charge in [0.15, 0.2) is 0 Å². The SMILES string of the molecule is CN(CCNCC1CCCCO1)C1CC1. The van der Waals surface area contributed by atoms with E-state index in [1.54, 1.807) is 0 Å². The molecule has 1 saturated heterocycles. The molecule has 0 amide bonds. The maximum absolute atomic E-state index is 5.67. The van der Waals surface area contributed by atoms with E-state index < -0.39 is 0 Å². The molecule has 0 aromatic rings. The lowest BCUT2D eigenvalue weighted by Gasteiger charge is -2.23. The average Bonchev–Trinajstić information content (AvgIpc) is 3.09. The Morgan fingerprint density at radius 2 is 2.13 bits per heavy atom. The lowest BCUT2D eigenvalue weighted by molar-refractivity contribution is 0.0168. The minimum Gasteiger partial charge on any atom is -0.377 e. The van der Waals surface area contributed by atoms with Gasteiger partial charge in [0.25, 0.3) is 0 Å². The van der Waals surface area contributed by atoms with E-state index in [-0.39, 0.29) is 0 Å². The molecule has 88 valence electrons. The Bertz CT molecular complexity index is 176. The molecule has 3 nitrogen and oxygen atoms in total. The van der Waals surface area contributed by atoms with E-state index in [2.05, 4.69) is 17.3 Å². The van der Waals surface area contributed by atoms with Gasteiger partial charge in [-0.25, -0.2) is 0 Å². The topological polar surface area (TPSA) is 24.5 Å². The van der Waals surface area contributed by atoms with Crippen molar-refractivity contribution in [2.24, 2.45) is 0 Å². The first-order chi connectivity index (χ1) is 7.36. The number of nitrogens with one attached hydrogen (secondary N) is 1. The molecular weight excluding hydrogens is 188 g/mol. The Labute approximate surface area is 93.2 Å². The van der Waals surface area contributed by atoms with Crippen LogP contribution in [0, 0.1) is 0 Å². The molecule has 0 bridgehead atoms. The molecule has 0 aromatic carbocycles. The van der Waals surface area contributed by atoms with Gasteiger partial charge in [-0.1, -0.05) is 0 Å². The second-order valence-corrected chi connectivity index (χ2v) is 4.90. The highest BCUT2D eigenvalue weighted by Crippen LogP contribution is 2.24. The highest BCUT2D eigenvalue weighted by molar-refractivity contribution is 4.82. The van der Waals surface area contributed by atoms with Gasteiger partial charge in [-0.3, -0.25) is 0 Å². The van der Waals surface area contributed by atoms with Crippen LogP contribution in [-0.4, -0.2) is 50.3 Å². The fourth-order valence-corrected chi connectivity index (χ4v) is 2.18. The summed E-state index contributed by atoms with van der Waals surface area (Å²) in [5.41, 5.74) is 0. The zero-order valence-corrected chi connectivity index (χ0v) is 9.87. The summed E-state index contributed by atoms with van der Waals surface area (Å²) in [5, 5.41) is 3.50. The number of hydrogen-bond acceptors (Lipinski definition) is 3.